The van der Waals surface area contributed by atoms with E-state index >= 15 is 0 Å². The second-order valence-corrected chi connectivity index (χ2v) is 5.51. The summed E-state index contributed by atoms with van der Waals surface area (Å²) < 4.78 is 0. The molecule has 1 heterocycles. The molecule has 1 aromatic carbocycles. The summed E-state index contributed by atoms with van der Waals surface area (Å²) in [6.07, 6.45) is 3.92. The van der Waals surface area contributed by atoms with E-state index in [0.29, 0.717) is 5.56 Å². The third kappa shape index (κ3) is 3.58. The van der Waals surface area contributed by atoms with Gasteiger partial charge >= 0.3 is 0 Å². The van der Waals surface area contributed by atoms with E-state index in [2.05, 4.69) is 0 Å². The standard InChI is InChI=1S/C13H16N2O2S/c16-15(17)13-6-2-1-4-12(13)5-3-7-14-8-10-18-11-9-14/h1-6H,7-11H2/p+1/b5-3+. The van der Waals surface area contributed by atoms with Crippen LogP contribution in [0.2, 0.25) is 0 Å². The summed E-state index contributed by atoms with van der Waals surface area (Å²) in [5.41, 5.74) is 0.867. The highest BCUT2D eigenvalue weighted by molar-refractivity contribution is 7.99. The summed E-state index contributed by atoms with van der Waals surface area (Å²) in [6, 6.07) is 6.86. The van der Waals surface area contributed by atoms with Crippen molar-refractivity contribution in [1.82, 2.24) is 0 Å². The lowest BCUT2D eigenvalue weighted by atomic mass is 10.1. The van der Waals surface area contributed by atoms with Gasteiger partial charge in [0.1, 0.15) is 0 Å². The number of para-hydroxylation sites is 1. The van der Waals surface area contributed by atoms with E-state index in [4.69, 9.17) is 0 Å². The van der Waals surface area contributed by atoms with E-state index in [-0.39, 0.29) is 10.6 Å². The number of nitrogens with zero attached hydrogens (tertiary/aromatic N) is 1. The third-order valence-electron chi connectivity index (χ3n) is 3.04. The van der Waals surface area contributed by atoms with Gasteiger partial charge < -0.3 is 4.90 Å². The number of hydrogen-bond acceptors (Lipinski definition) is 3. The number of rotatable bonds is 4. The SMILES string of the molecule is O=[N+]([O-])c1ccccc1/C=C/C[NH+]1CCSCC1. The van der Waals surface area contributed by atoms with E-state index in [9.17, 15) is 10.1 Å². The van der Waals surface area contributed by atoms with Gasteiger partial charge in [0, 0.05) is 17.6 Å². The number of benzene rings is 1. The summed E-state index contributed by atoms with van der Waals surface area (Å²) in [7, 11) is 0. The Balaban J connectivity index is 1.97. The Labute approximate surface area is 111 Å². The summed E-state index contributed by atoms with van der Waals surface area (Å²) in [6.45, 7) is 3.32. The topological polar surface area (TPSA) is 47.6 Å². The first-order valence-electron chi connectivity index (χ1n) is 6.08. The first kappa shape index (κ1) is 13.1. The van der Waals surface area contributed by atoms with Gasteiger partial charge in [-0.15, -0.1) is 0 Å². The number of nitrogens with one attached hydrogen (secondary N) is 1. The Morgan fingerprint density at radius 2 is 2.06 bits per heavy atom. The number of quaternary nitrogens is 1. The predicted octanol–water partition coefficient (Wildman–Crippen LogP) is 1.24. The molecule has 1 saturated heterocycles. The number of hydrogen-bond donors (Lipinski definition) is 1. The Morgan fingerprint density at radius 1 is 1.33 bits per heavy atom. The van der Waals surface area contributed by atoms with E-state index in [0.717, 1.165) is 6.54 Å². The molecule has 96 valence electrons. The monoisotopic (exact) mass is 265 g/mol. The Morgan fingerprint density at radius 3 is 2.78 bits per heavy atom. The molecule has 0 amide bonds. The van der Waals surface area contributed by atoms with E-state index in [1.807, 2.05) is 30.0 Å². The zero-order chi connectivity index (χ0) is 12.8. The maximum atomic E-state index is 10.9. The van der Waals surface area contributed by atoms with Gasteiger partial charge in [-0.3, -0.25) is 10.1 Å². The third-order valence-corrected chi connectivity index (χ3v) is 4.02. The lowest BCUT2D eigenvalue weighted by Crippen LogP contribution is -3.13. The molecule has 1 aliphatic rings. The highest BCUT2D eigenvalue weighted by Gasteiger charge is 2.12. The van der Waals surface area contributed by atoms with E-state index in [1.54, 1.807) is 23.1 Å². The summed E-state index contributed by atoms with van der Waals surface area (Å²) in [5, 5.41) is 10.9. The molecule has 1 N–H and O–H groups in total. The fraction of sp³-hybridized carbons (Fsp3) is 0.385. The van der Waals surface area contributed by atoms with Crippen LogP contribution in [0.5, 0.6) is 0 Å². The number of nitro benzene ring substituents is 1. The molecule has 0 aliphatic carbocycles. The van der Waals surface area contributed by atoms with Gasteiger partial charge in [-0.05, 0) is 18.2 Å². The van der Waals surface area contributed by atoms with Crippen molar-refractivity contribution in [1.29, 1.82) is 0 Å². The maximum absolute atomic E-state index is 10.9. The van der Waals surface area contributed by atoms with Crippen molar-refractivity contribution in [3.63, 3.8) is 0 Å². The van der Waals surface area contributed by atoms with Crippen LogP contribution in [0.4, 0.5) is 5.69 Å². The predicted molar refractivity (Wildman–Crippen MR) is 75.0 cm³/mol. The first-order chi connectivity index (χ1) is 8.77. The van der Waals surface area contributed by atoms with Crippen LogP contribution in [-0.4, -0.2) is 36.1 Å². The smallest absolute Gasteiger partial charge is 0.276 e. The van der Waals surface area contributed by atoms with Crippen molar-refractivity contribution < 1.29 is 9.82 Å². The Bertz CT molecular complexity index is 442. The molecular weight excluding hydrogens is 248 g/mol. The zero-order valence-electron chi connectivity index (χ0n) is 10.2. The van der Waals surface area contributed by atoms with Crippen LogP contribution in [0, 0.1) is 10.1 Å². The molecule has 0 radical (unpaired) electrons. The van der Waals surface area contributed by atoms with Crippen LogP contribution in [0.15, 0.2) is 30.3 Å². The van der Waals surface area contributed by atoms with Crippen LogP contribution < -0.4 is 4.90 Å². The molecule has 0 unspecified atom stereocenters. The first-order valence-corrected chi connectivity index (χ1v) is 7.24. The van der Waals surface area contributed by atoms with Crippen LogP contribution in [0.25, 0.3) is 6.08 Å². The number of nitro groups is 1. The lowest BCUT2D eigenvalue weighted by Gasteiger charge is -2.21. The highest BCUT2D eigenvalue weighted by Crippen LogP contribution is 2.18. The summed E-state index contributed by atoms with van der Waals surface area (Å²) in [5.74, 6) is 2.43. The molecule has 0 atom stereocenters. The highest BCUT2D eigenvalue weighted by atomic mass is 32.2. The van der Waals surface area contributed by atoms with Crippen molar-refractivity contribution in [2.75, 3.05) is 31.1 Å². The van der Waals surface area contributed by atoms with Gasteiger partial charge in [-0.25, -0.2) is 0 Å². The van der Waals surface area contributed by atoms with Crippen molar-refractivity contribution in [2.24, 2.45) is 0 Å². The Kier molecular flexibility index (Phi) is 4.78. The second-order valence-electron chi connectivity index (χ2n) is 4.28. The number of thioether (sulfide) groups is 1. The molecule has 1 aromatic rings. The summed E-state index contributed by atoms with van der Waals surface area (Å²) in [4.78, 5) is 12.1. The van der Waals surface area contributed by atoms with Crippen molar-refractivity contribution in [3.8, 4) is 0 Å². The molecule has 2 rings (SSSR count). The Hall–Kier alpha value is -1.33. The zero-order valence-corrected chi connectivity index (χ0v) is 11.0. The average molecular weight is 265 g/mol. The molecule has 1 fully saturated rings. The molecule has 0 bridgehead atoms. The minimum absolute atomic E-state index is 0.179. The van der Waals surface area contributed by atoms with Gasteiger partial charge in [0.15, 0.2) is 0 Å². The van der Waals surface area contributed by atoms with Crippen LogP contribution in [-0.2, 0) is 0 Å². The van der Waals surface area contributed by atoms with Crippen molar-refractivity contribution in [3.05, 3.63) is 46.0 Å². The summed E-state index contributed by atoms with van der Waals surface area (Å²) >= 11 is 2.00. The van der Waals surface area contributed by atoms with E-state index in [1.165, 1.54) is 24.6 Å². The molecular formula is C13H17N2O2S+. The fourth-order valence-corrected chi connectivity index (χ4v) is 3.08. The maximum Gasteiger partial charge on any atom is 0.276 e. The lowest BCUT2D eigenvalue weighted by molar-refractivity contribution is -0.890. The van der Waals surface area contributed by atoms with Crippen LogP contribution in [0.3, 0.4) is 0 Å². The van der Waals surface area contributed by atoms with Crippen LogP contribution in [0.1, 0.15) is 5.56 Å². The largest absolute Gasteiger partial charge is 0.330 e. The average Bonchev–Trinajstić information content (AvgIpc) is 2.40. The molecule has 0 saturated carbocycles. The molecule has 4 nitrogen and oxygen atoms in total. The van der Waals surface area contributed by atoms with E-state index < -0.39 is 0 Å². The minimum atomic E-state index is -0.329. The molecule has 1 aliphatic heterocycles. The molecule has 5 heteroatoms. The van der Waals surface area contributed by atoms with Gasteiger partial charge in [-0.2, -0.15) is 11.8 Å². The van der Waals surface area contributed by atoms with Gasteiger partial charge in [0.05, 0.1) is 30.1 Å². The molecule has 18 heavy (non-hydrogen) atoms. The normalized spacial score (nSPS) is 17.1. The van der Waals surface area contributed by atoms with Crippen molar-refractivity contribution in [2.45, 2.75) is 0 Å². The van der Waals surface area contributed by atoms with Crippen molar-refractivity contribution >= 4 is 23.5 Å². The molecule has 0 aromatic heterocycles. The van der Waals surface area contributed by atoms with Crippen LogP contribution >= 0.6 is 11.8 Å². The fourth-order valence-electron chi connectivity index (χ4n) is 2.01. The van der Waals surface area contributed by atoms with Gasteiger partial charge in [-0.1, -0.05) is 12.1 Å². The quantitative estimate of drug-likeness (QED) is 0.658. The van der Waals surface area contributed by atoms with Gasteiger partial charge in [0.2, 0.25) is 0 Å². The second kappa shape index (κ2) is 6.56. The van der Waals surface area contributed by atoms with Gasteiger partial charge in [0.25, 0.3) is 5.69 Å². The minimum Gasteiger partial charge on any atom is -0.330 e. The molecule has 0 spiro atoms.